The van der Waals surface area contributed by atoms with Crippen molar-refractivity contribution >= 4 is 23.1 Å². The average Bonchev–Trinajstić information content (AvgIpc) is 2.59. The Bertz CT molecular complexity index is 765. The van der Waals surface area contributed by atoms with Crippen molar-refractivity contribution in [2.45, 2.75) is 13.8 Å². The van der Waals surface area contributed by atoms with Crippen molar-refractivity contribution in [1.82, 2.24) is 0 Å². The zero-order chi connectivity index (χ0) is 18.3. The minimum absolute atomic E-state index is 0.522. The molecule has 0 fully saturated rings. The van der Waals surface area contributed by atoms with Gasteiger partial charge < -0.3 is 0 Å². The van der Waals surface area contributed by atoms with Crippen molar-refractivity contribution in [3.05, 3.63) is 72.9 Å². The summed E-state index contributed by atoms with van der Waals surface area (Å²) in [5.41, 5.74) is 4.84. The first-order chi connectivity index (χ1) is 11.4. The lowest BCUT2D eigenvalue weighted by molar-refractivity contribution is 1.36. The normalized spacial score (nSPS) is 18.2. The molecule has 24 heavy (non-hydrogen) atoms. The van der Waals surface area contributed by atoms with Crippen LogP contribution in [0.3, 0.4) is 0 Å². The van der Waals surface area contributed by atoms with E-state index in [0.717, 1.165) is 28.1 Å². The SMILES string of the molecule is C=CC1=CC(=C)C(N=C(C)C(=C)/C=C(/C=C)C(C)=NC)=NC1=NC. The predicted octanol–water partition coefficient (Wildman–Crippen LogP) is 4.32. The van der Waals surface area contributed by atoms with E-state index in [9.17, 15) is 0 Å². The van der Waals surface area contributed by atoms with E-state index >= 15 is 0 Å². The largest absolute Gasteiger partial charge is 0.293 e. The quantitative estimate of drug-likeness (QED) is 0.535. The highest BCUT2D eigenvalue weighted by atomic mass is 15.0. The van der Waals surface area contributed by atoms with Crippen molar-refractivity contribution in [3.63, 3.8) is 0 Å². The van der Waals surface area contributed by atoms with Crippen LogP contribution in [-0.4, -0.2) is 37.2 Å². The van der Waals surface area contributed by atoms with Gasteiger partial charge in [0.2, 0.25) is 0 Å². The molecular formula is C20H24N4. The van der Waals surface area contributed by atoms with Gasteiger partial charge in [-0.15, -0.1) is 0 Å². The van der Waals surface area contributed by atoms with Crippen molar-refractivity contribution in [1.29, 1.82) is 0 Å². The van der Waals surface area contributed by atoms with Crippen LogP contribution in [0.4, 0.5) is 0 Å². The Morgan fingerprint density at radius 2 is 1.83 bits per heavy atom. The first-order valence-electron chi connectivity index (χ1n) is 7.49. The molecule has 4 nitrogen and oxygen atoms in total. The molecule has 1 rings (SSSR count). The molecule has 0 N–H and O–H groups in total. The van der Waals surface area contributed by atoms with Gasteiger partial charge in [0.05, 0.1) is 0 Å². The van der Waals surface area contributed by atoms with Crippen molar-refractivity contribution in [3.8, 4) is 0 Å². The maximum absolute atomic E-state index is 4.55. The van der Waals surface area contributed by atoms with E-state index in [1.54, 1.807) is 26.2 Å². The molecule has 0 spiro atoms. The van der Waals surface area contributed by atoms with E-state index in [1.165, 1.54) is 0 Å². The molecule has 0 aromatic rings. The molecule has 0 unspecified atom stereocenters. The summed E-state index contributed by atoms with van der Waals surface area (Å²) < 4.78 is 0. The van der Waals surface area contributed by atoms with E-state index < -0.39 is 0 Å². The molecule has 0 saturated heterocycles. The summed E-state index contributed by atoms with van der Waals surface area (Å²) in [7, 11) is 3.43. The zero-order valence-electron chi connectivity index (χ0n) is 14.9. The summed E-state index contributed by atoms with van der Waals surface area (Å²) in [6.07, 6.45) is 7.23. The number of dihydropyridines is 1. The lowest BCUT2D eigenvalue weighted by atomic mass is 10.1. The summed E-state index contributed by atoms with van der Waals surface area (Å²) in [6, 6.07) is 0. The number of aliphatic imine (C=N–C) groups is 4. The molecule has 4 heteroatoms. The van der Waals surface area contributed by atoms with E-state index in [1.807, 2.05) is 26.0 Å². The van der Waals surface area contributed by atoms with Crippen LogP contribution in [-0.2, 0) is 0 Å². The van der Waals surface area contributed by atoms with Crippen LogP contribution in [0.5, 0.6) is 0 Å². The second-order valence-corrected chi connectivity index (χ2v) is 5.15. The first-order valence-corrected chi connectivity index (χ1v) is 7.49. The standard InChI is InChI=1S/C20H24N4/c1-9-17(16(6)21-7)11-13(3)15(5)23-19-14(4)12-18(10-2)20(22-8)24-19/h9-12H,1-4H2,5-8H3/b17-11-,21-16?,22-20?,23-15?. The third-order valence-electron chi connectivity index (χ3n) is 3.56. The van der Waals surface area contributed by atoms with Crippen LogP contribution >= 0.6 is 0 Å². The number of amidine groups is 2. The van der Waals surface area contributed by atoms with E-state index in [-0.39, 0.29) is 0 Å². The first kappa shape index (κ1) is 19.2. The Kier molecular flexibility index (Phi) is 6.93. The Labute approximate surface area is 144 Å². The molecule has 0 aromatic heterocycles. The number of nitrogens with zero attached hydrogens (tertiary/aromatic N) is 4. The van der Waals surface area contributed by atoms with Gasteiger partial charge in [0.25, 0.3) is 0 Å². The minimum Gasteiger partial charge on any atom is -0.293 e. The third kappa shape index (κ3) is 4.56. The fourth-order valence-electron chi connectivity index (χ4n) is 1.94. The van der Waals surface area contributed by atoms with Crippen LogP contribution in [0, 0.1) is 0 Å². The van der Waals surface area contributed by atoms with Crippen molar-refractivity contribution < 1.29 is 0 Å². The van der Waals surface area contributed by atoms with Crippen LogP contribution in [0.1, 0.15) is 13.8 Å². The smallest absolute Gasteiger partial charge is 0.161 e. The Hall–Kier alpha value is -2.88. The molecular weight excluding hydrogens is 296 g/mol. The summed E-state index contributed by atoms with van der Waals surface area (Å²) in [5, 5.41) is 0. The van der Waals surface area contributed by atoms with Crippen molar-refractivity contribution in [2.75, 3.05) is 14.1 Å². The van der Waals surface area contributed by atoms with Gasteiger partial charge in [0, 0.05) is 36.7 Å². The summed E-state index contributed by atoms with van der Waals surface area (Å²) in [4.78, 5) is 17.3. The lowest BCUT2D eigenvalue weighted by Crippen LogP contribution is -2.13. The topological polar surface area (TPSA) is 49.4 Å². The van der Waals surface area contributed by atoms with E-state index in [0.29, 0.717) is 17.2 Å². The summed E-state index contributed by atoms with van der Waals surface area (Å²) >= 11 is 0. The van der Waals surface area contributed by atoms with Gasteiger partial charge >= 0.3 is 0 Å². The van der Waals surface area contributed by atoms with Crippen LogP contribution in [0.2, 0.25) is 0 Å². The van der Waals surface area contributed by atoms with Crippen LogP contribution < -0.4 is 0 Å². The second kappa shape index (κ2) is 8.67. The molecule has 0 bridgehead atoms. The van der Waals surface area contributed by atoms with Gasteiger partial charge in [-0.25, -0.2) is 9.98 Å². The van der Waals surface area contributed by atoms with Crippen molar-refractivity contribution in [2.24, 2.45) is 20.0 Å². The molecule has 0 atom stereocenters. The number of rotatable bonds is 5. The minimum atomic E-state index is 0.522. The molecule has 0 aromatic carbocycles. The fraction of sp³-hybridized carbons (Fsp3) is 0.200. The van der Waals surface area contributed by atoms with Gasteiger partial charge in [-0.05, 0) is 37.1 Å². The maximum Gasteiger partial charge on any atom is 0.161 e. The van der Waals surface area contributed by atoms with E-state index in [2.05, 4.69) is 46.3 Å². The molecule has 1 heterocycles. The molecule has 0 aliphatic carbocycles. The second-order valence-electron chi connectivity index (χ2n) is 5.15. The van der Waals surface area contributed by atoms with Gasteiger partial charge in [-0.2, -0.15) is 0 Å². The summed E-state index contributed by atoms with van der Waals surface area (Å²) in [5.74, 6) is 1.11. The Balaban J connectivity index is 3.17. The van der Waals surface area contributed by atoms with Gasteiger partial charge in [-0.3, -0.25) is 9.98 Å². The number of hydrogen-bond donors (Lipinski definition) is 0. The highest BCUT2D eigenvalue weighted by molar-refractivity contribution is 6.21. The monoisotopic (exact) mass is 320 g/mol. The molecule has 1 aliphatic heterocycles. The maximum atomic E-state index is 4.55. The average molecular weight is 320 g/mol. The lowest BCUT2D eigenvalue weighted by Gasteiger charge is -2.12. The van der Waals surface area contributed by atoms with Crippen LogP contribution in [0.15, 0.2) is 92.9 Å². The van der Waals surface area contributed by atoms with Crippen LogP contribution in [0.25, 0.3) is 0 Å². The van der Waals surface area contributed by atoms with E-state index in [4.69, 9.17) is 0 Å². The van der Waals surface area contributed by atoms with Gasteiger partial charge in [-0.1, -0.05) is 38.5 Å². The fourth-order valence-corrected chi connectivity index (χ4v) is 1.94. The molecule has 0 amide bonds. The number of allylic oxidation sites excluding steroid dienone is 4. The Morgan fingerprint density at radius 3 is 2.33 bits per heavy atom. The van der Waals surface area contributed by atoms with Gasteiger partial charge in [0.15, 0.2) is 11.7 Å². The molecule has 0 radical (unpaired) electrons. The van der Waals surface area contributed by atoms with Gasteiger partial charge in [0.1, 0.15) is 0 Å². The molecule has 0 saturated carbocycles. The third-order valence-corrected chi connectivity index (χ3v) is 3.56. The highest BCUT2D eigenvalue weighted by Gasteiger charge is 2.14. The molecule has 124 valence electrons. The predicted molar refractivity (Wildman–Crippen MR) is 108 cm³/mol. The zero-order valence-corrected chi connectivity index (χ0v) is 14.9. The highest BCUT2D eigenvalue weighted by Crippen LogP contribution is 2.16. The molecule has 1 aliphatic rings. The Morgan fingerprint density at radius 1 is 1.17 bits per heavy atom. The number of hydrogen-bond acceptors (Lipinski definition) is 3. The summed E-state index contributed by atoms with van der Waals surface area (Å²) in [6.45, 7) is 19.4.